The maximum Gasteiger partial charge on any atom is 1.00 e. The van der Waals surface area contributed by atoms with Crippen LogP contribution in [-0.2, 0) is 29.2 Å². The number of hydrogen-bond donors (Lipinski definition) is 0. The Bertz CT molecular complexity index is 551. The van der Waals surface area contributed by atoms with Crippen molar-refractivity contribution in [3.05, 3.63) is 0 Å². The van der Waals surface area contributed by atoms with Gasteiger partial charge in [-0.25, -0.2) is 8.42 Å². The summed E-state index contributed by atoms with van der Waals surface area (Å²) in [6, 6.07) is 0. The van der Waals surface area contributed by atoms with Gasteiger partial charge in [0.05, 0.1) is 19.6 Å². The first kappa shape index (κ1) is 31.0. The Hall–Kier alpha value is -0.150. The van der Waals surface area contributed by atoms with E-state index in [9.17, 15) is 22.6 Å². The van der Waals surface area contributed by atoms with Gasteiger partial charge >= 0.3 is 41.5 Å². The number of ether oxygens (including phenoxy) is 2. The molecule has 7 nitrogen and oxygen atoms in total. The van der Waals surface area contributed by atoms with Gasteiger partial charge in [-0.1, -0.05) is 66.2 Å². The van der Waals surface area contributed by atoms with Crippen LogP contribution in [0, 0.1) is 11.8 Å². The fraction of sp³-hybridized carbons (Fsp3) is 0.900. The molecule has 0 fully saturated rings. The summed E-state index contributed by atoms with van der Waals surface area (Å²) >= 11 is 0. The van der Waals surface area contributed by atoms with Crippen molar-refractivity contribution in [3.63, 3.8) is 0 Å². The predicted molar refractivity (Wildman–Crippen MR) is 107 cm³/mol. The average Bonchev–Trinajstić information content (AvgIpc) is 2.65. The van der Waals surface area contributed by atoms with Crippen molar-refractivity contribution in [2.24, 2.45) is 11.8 Å². The molecule has 1 unspecified atom stereocenters. The summed E-state index contributed by atoms with van der Waals surface area (Å²) < 4.78 is 44.6. The summed E-state index contributed by atoms with van der Waals surface area (Å²) in [5.74, 6) is -1.74. The van der Waals surface area contributed by atoms with Gasteiger partial charge in [0, 0.05) is 0 Å². The third-order valence-corrected chi connectivity index (χ3v) is 6.05. The van der Waals surface area contributed by atoms with E-state index in [1.54, 1.807) is 0 Å². The summed E-state index contributed by atoms with van der Waals surface area (Å²) in [5.41, 5.74) is 0. The molecule has 0 saturated heterocycles. The van der Waals surface area contributed by atoms with Crippen LogP contribution in [0.3, 0.4) is 0 Å². The fourth-order valence-corrected chi connectivity index (χ4v) is 3.46. The van der Waals surface area contributed by atoms with Crippen LogP contribution in [0.4, 0.5) is 0 Å². The van der Waals surface area contributed by atoms with Crippen LogP contribution < -0.4 is 29.6 Å². The van der Waals surface area contributed by atoms with E-state index < -0.39 is 33.7 Å². The van der Waals surface area contributed by atoms with Crippen LogP contribution in [-0.4, -0.2) is 43.4 Å². The smallest absolute Gasteiger partial charge is 0.747 e. The molecule has 0 aromatic rings. The normalized spacial score (nSPS) is 14.4. The Morgan fingerprint density at radius 2 is 1.31 bits per heavy atom. The van der Waals surface area contributed by atoms with E-state index in [0.717, 1.165) is 51.4 Å². The molecule has 0 spiro atoms. The Morgan fingerprint density at radius 1 is 0.862 bits per heavy atom. The molecule has 0 aliphatic carbocycles. The van der Waals surface area contributed by atoms with E-state index in [0.29, 0.717) is 0 Å². The third kappa shape index (κ3) is 14.5. The Balaban J connectivity index is 0. The van der Waals surface area contributed by atoms with Gasteiger partial charge < -0.3 is 14.0 Å². The zero-order valence-electron chi connectivity index (χ0n) is 18.8. The molecule has 0 aromatic carbocycles. The van der Waals surface area contributed by atoms with Crippen molar-refractivity contribution in [2.75, 3.05) is 13.2 Å². The SMILES string of the molecule is CCCC[C@H](CC)COC(=O)CC(C(=O)OC[C@@H](CC)CCCC)S(=O)(=O)[O-].[Na+]. The Labute approximate surface area is 198 Å². The predicted octanol–water partition coefficient (Wildman–Crippen LogP) is 0.814. The molecule has 3 atom stereocenters. The van der Waals surface area contributed by atoms with Crippen LogP contribution in [0.15, 0.2) is 0 Å². The molecule has 0 amide bonds. The third-order valence-electron chi connectivity index (χ3n) is 4.99. The van der Waals surface area contributed by atoms with Crippen molar-refractivity contribution in [1.82, 2.24) is 0 Å². The summed E-state index contributed by atoms with van der Waals surface area (Å²) in [4.78, 5) is 24.1. The molecule has 29 heavy (non-hydrogen) atoms. The summed E-state index contributed by atoms with van der Waals surface area (Å²) in [6.07, 6.45) is 6.58. The summed E-state index contributed by atoms with van der Waals surface area (Å²) in [6.45, 7) is 8.26. The second-order valence-corrected chi connectivity index (χ2v) is 8.89. The van der Waals surface area contributed by atoms with Gasteiger partial charge in [-0.15, -0.1) is 0 Å². The van der Waals surface area contributed by atoms with Crippen LogP contribution >= 0.6 is 0 Å². The number of unbranched alkanes of at least 4 members (excludes halogenated alkanes) is 2. The monoisotopic (exact) mass is 444 g/mol. The van der Waals surface area contributed by atoms with E-state index >= 15 is 0 Å². The van der Waals surface area contributed by atoms with Gasteiger partial charge in [0.25, 0.3) is 0 Å². The average molecular weight is 445 g/mol. The first-order valence-electron chi connectivity index (χ1n) is 10.5. The zero-order chi connectivity index (χ0) is 21.6. The van der Waals surface area contributed by atoms with Gasteiger partial charge in [-0.05, 0) is 24.7 Å². The molecule has 0 aromatic heterocycles. The molecule has 0 rings (SSSR count). The van der Waals surface area contributed by atoms with Gasteiger partial charge in [-0.2, -0.15) is 0 Å². The van der Waals surface area contributed by atoms with E-state index in [4.69, 9.17) is 9.47 Å². The number of carbonyl (C=O) groups is 2. The van der Waals surface area contributed by atoms with E-state index in [2.05, 4.69) is 13.8 Å². The minimum absolute atomic E-state index is 0. The minimum atomic E-state index is -5.01. The molecular formula is C20H37NaO7S. The van der Waals surface area contributed by atoms with Crippen LogP contribution in [0.5, 0.6) is 0 Å². The molecule has 0 bridgehead atoms. The Kier molecular flexibility index (Phi) is 18.8. The van der Waals surface area contributed by atoms with Gasteiger partial charge in [-0.3, -0.25) is 9.59 Å². The summed E-state index contributed by atoms with van der Waals surface area (Å²) in [5, 5.41) is -2.06. The van der Waals surface area contributed by atoms with Crippen molar-refractivity contribution >= 4 is 22.1 Å². The van der Waals surface area contributed by atoms with E-state index in [-0.39, 0.29) is 54.6 Å². The van der Waals surface area contributed by atoms with Crippen molar-refractivity contribution in [1.29, 1.82) is 0 Å². The largest absolute Gasteiger partial charge is 1.00 e. The molecule has 0 aliphatic rings. The first-order chi connectivity index (χ1) is 13.2. The molecule has 166 valence electrons. The topological polar surface area (TPSA) is 110 Å². The second kappa shape index (κ2) is 17.5. The quantitative estimate of drug-likeness (QED) is 0.197. The fourth-order valence-electron chi connectivity index (χ4n) is 2.81. The number of rotatable bonds is 16. The van der Waals surface area contributed by atoms with Crippen LogP contribution in [0.25, 0.3) is 0 Å². The minimum Gasteiger partial charge on any atom is -0.747 e. The molecular weight excluding hydrogens is 407 g/mol. The maximum atomic E-state index is 12.1. The number of hydrogen-bond acceptors (Lipinski definition) is 7. The van der Waals surface area contributed by atoms with Crippen LogP contribution in [0.2, 0.25) is 0 Å². The second-order valence-electron chi connectivity index (χ2n) is 7.33. The van der Waals surface area contributed by atoms with Crippen molar-refractivity contribution in [3.8, 4) is 0 Å². The molecule has 0 heterocycles. The van der Waals surface area contributed by atoms with Crippen molar-refractivity contribution < 1.29 is 61.6 Å². The van der Waals surface area contributed by atoms with E-state index in [1.165, 1.54) is 0 Å². The van der Waals surface area contributed by atoms with Gasteiger partial charge in [0.15, 0.2) is 5.25 Å². The van der Waals surface area contributed by atoms with Crippen LogP contribution in [0.1, 0.15) is 85.5 Å². The first-order valence-corrected chi connectivity index (χ1v) is 11.9. The molecule has 0 saturated carbocycles. The molecule has 9 heteroatoms. The zero-order valence-corrected chi connectivity index (χ0v) is 21.6. The van der Waals surface area contributed by atoms with Crippen molar-refractivity contribution in [2.45, 2.75) is 90.7 Å². The van der Waals surface area contributed by atoms with Gasteiger partial charge in [0.1, 0.15) is 10.1 Å². The summed E-state index contributed by atoms with van der Waals surface area (Å²) in [7, 11) is -5.01. The number of esters is 2. The number of carbonyl (C=O) groups excluding carboxylic acids is 2. The Morgan fingerprint density at radius 3 is 1.69 bits per heavy atom. The molecule has 0 aliphatic heterocycles. The van der Waals surface area contributed by atoms with E-state index in [1.807, 2.05) is 13.8 Å². The standard InChI is InChI=1S/C20H38O7S.Na/c1-5-9-11-16(7-3)14-26-19(21)13-18(28(23,24)25)20(22)27-15-17(8-4)12-10-6-2;/h16-18H,5-15H2,1-4H3,(H,23,24,25);/q;+1/p-1/t16-,17-,18?;/m0./s1. The molecule has 0 radical (unpaired) electrons. The maximum absolute atomic E-state index is 12.1. The molecule has 0 N–H and O–H groups in total. The van der Waals surface area contributed by atoms with Gasteiger partial charge in [0.2, 0.25) is 0 Å².